The molecule has 0 aliphatic heterocycles. The molecule has 0 saturated heterocycles. The van der Waals surface area contributed by atoms with E-state index in [4.69, 9.17) is 15.0 Å². The quantitative estimate of drug-likeness (QED) is 0.561. The highest BCUT2D eigenvalue weighted by molar-refractivity contribution is 9.10. The Labute approximate surface area is 115 Å². The number of hydrogen-bond acceptors (Lipinski definition) is 3. The van der Waals surface area contributed by atoms with Gasteiger partial charge in [0.2, 0.25) is 0 Å². The second-order valence-electron chi connectivity index (χ2n) is 2.79. The molecular formula is C12H17BrO2S. The summed E-state index contributed by atoms with van der Waals surface area (Å²) in [6, 6.07) is -0.236. The van der Waals surface area contributed by atoms with Gasteiger partial charge in [-0.3, -0.25) is 0 Å². The standard InChI is InChI=1S/C12H17BrO2S/c1-3-14-12(15-4-2)9-16-11-7-5-10(13)6-8-11/h5-8,12H,3-4,9H2,1-2H3/i5D,6D,7D,8D. The van der Waals surface area contributed by atoms with Crippen molar-refractivity contribution in [2.45, 2.75) is 25.0 Å². The first-order chi connectivity index (χ1) is 9.43. The molecule has 0 unspecified atom stereocenters. The highest BCUT2D eigenvalue weighted by Gasteiger charge is 2.08. The van der Waals surface area contributed by atoms with Gasteiger partial charge in [0.05, 0.1) is 5.48 Å². The Bertz CT molecular complexity index is 438. The molecule has 0 radical (unpaired) electrons. The lowest BCUT2D eigenvalue weighted by Gasteiger charge is -2.16. The third-order valence-electron chi connectivity index (χ3n) is 1.64. The van der Waals surface area contributed by atoms with Crippen LogP contribution in [0.5, 0.6) is 0 Å². The van der Waals surface area contributed by atoms with E-state index in [-0.39, 0.29) is 28.6 Å². The lowest BCUT2D eigenvalue weighted by molar-refractivity contribution is -0.120. The first-order valence-electron chi connectivity index (χ1n) is 7.05. The van der Waals surface area contributed by atoms with Crippen molar-refractivity contribution in [2.24, 2.45) is 0 Å². The van der Waals surface area contributed by atoms with E-state index in [1.807, 2.05) is 13.8 Å². The number of rotatable bonds is 7. The minimum absolute atomic E-state index is 0.0466. The summed E-state index contributed by atoms with van der Waals surface area (Å²) < 4.78 is 42.3. The van der Waals surface area contributed by atoms with Gasteiger partial charge in [0.1, 0.15) is 0 Å². The van der Waals surface area contributed by atoms with Crippen molar-refractivity contribution in [1.29, 1.82) is 0 Å². The molecule has 1 aromatic rings. The van der Waals surface area contributed by atoms with Crippen molar-refractivity contribution in [2.75, 3.05) is 19.0 Å². The maximum Gasteiger partial charge on any atom is 0.166 e. The minimum Gasteiger partial charge on any atom is -0.352 e. The molecule has 2 nitrogen and oxygen atoms in total. The third kappa shape index (κ3) is 5.34. The summed E-state index contributed by atoms with van der Waals surface area (Å²) in [7, 11) is 0. The van der Waals surface area contributed by atoms with Crippen molar-refractivity contribution in [1.82, 2.24) is 0 Å². The third-order valence-corrected chi connectivity index (χ3v) is 2.97. The van der Waals surface area contributed by atoms with Crippen molar-refractivity contribution in [3.8, 4) is 0 Å². The zero-order chi connectivity index (χ0) is 15.3. The summed E-state index contributed by atoms with van der Waals surface area (Å²) in [4.78, 5) is 0.313. The van der Waals surface area contributed by atoms with E-state index in [9.17, 15) is 0 Å². The number of halogens is 1. The van der Waals surface area contributed by atoms with E-state index < -0.39 is 6.29 Å². The van der Waals surface area contributed by atoms with Crippen molar-refractivity contribution < 1.29 is 15.0 Å². The largest absolute Gasteiger partial charge is 0.352 e. The van der Waals surface area contributed by atoms with Crippen molar-refractivity contribution in [3.05, 3.63) is 28.6 Å². The van der Waals surface area contributed by atoms with Gasteiger partial charge in [-0.1, -0.05) is 15.9 Å². The first kappa shape index (κ1) is 8.97. The van der Waals surface area contributed by atoms with Crippen molar-refractivity contribution >= 4 is 27.7 Å². The zero-order valence-electron chi connectivity index (χ0n) is 13.3. The lowest BCUT2D eigenvalue weighted by atomic mass is 10.4. The molecule has 0 heterocycles. The van der Waals surface area contributed by atoms with E-state index in [0.29, 0.717) is 23.9 Å². The Morgan fingerprint density at radius 3 is 2.31 bits per heavy atom. The molecule has 0 aromatic heterocycles. The second kappa shape index (κ2) is 8.12. The molecule has 0 atom stereocenters. The van der Waals surface area contributed by atoms with Gasteiger partial charge in [-0.15, -0.1) is 11.8 Å². The van der Waals surface area contributed by atoms with Crippen LogP contribution in [0, 0.1) is 0 Å². The van der Waals surface area contributed by atoms with E-state index in [1.165, 1.54) is 11.8 Å². The maximum atomic E-state index is 7.90. The predicted octanol–water partition coefficient (Wildman–Crippen LogP) is 3.94. The molecule has 0 aliphatic carbocycles. The molecule has 90 valence electrons. The minimum atomic E-state index is -0.416. The van der Waals surface area contributed by atoms with Crippen LogP contribution < -0.4 is 0 Å². The summed E-state index contributed by atoms with van der Waals surface area (Å²) in [6.45, 7) is 4.76. The molecule has 0 N–H and O–H groups in total. The van der Waals surface area contributed by atoms with Crippen molar-refractivity contribution in [3.63, 3.8) is 0 Å². The summed E-state index contributed by atoms with van der Waals surface area (Å²) in [6.07, 6.45) is -0.416. The Morgan fingerprint density at radius 1 is 1.25 bits per heavy atom. The van der Waals surface area contributed by atoms with Gasteiger partial charge in [-0.2, -0.15) is 0 Å². The van der Waals surface area contributed by atoms with Crippen LogP contribution in [0.3, 0.4) is 0 Å². The predicted molar refractivity (Wildman–Crippen MR) is 71.9 cm³/mol. The van der Waals surface area contributed by atoms with Crippen LogP contribution in [0.2, 0.25) is 0 Å². The van der Waals surface area contributed by atoms with Gasteiger partial charge < -0.3 is 9.47 Å². The summed E-state index contributed by atoms with van der Waals surface area (Å²) in [5, 5.41) is 0. The Hall–Kier alpha value is -0.0300. The van der Waals surface area contributed by atoms with Crippen LogP contribution in [0.25, 0.3) is 0 Å². The molecular weight excluding hydrogens is 288 g/mol. The van der Waals surface area contributed by atoms with Gasteiger partial charge in [-0.05, 0) is 38.0 Å². The Kier molecular flexibility index (Phi) is 4.55. The van der Waals surface area contributed by atoms with Crippen LogP contribution in [0.1, 0.15) is 19.3 Å². The smallest absolute Gasteiger partial charge is 0.166 e. The number of benzene rings is 1. The van der Waals surface area contributed by atoms with Crippen LogP contribution in [0.4, 0.5) is 0 Å². The van der Waals surface area contributed by atoms with Gasteiger partial charge in [0.15, 0.2) is 6.29 Å². The summed E-state index contributed by atoms with van der Waals surface area (Å²) in [5.74, 6) is 0.417. The molecule has 0 spiro atoms. The SMILES string of the molecule is [2H]c1c([2H])c(SCC(OCC)OCC)c([2H])c([2H])c1Br. The average Bonchev–Trinajstić information content (AvgIpc) is 2.43. The topological polar surface area (TPSA) is 18.5 Å². The highest BCUT2D eigenvalue weighted by atomic mass is 79.9. The molecule has 0 aliphatic rings. The van der Waals surface area contributed by atoms with Crippen LogP contribution in [0.15, 0.2) is 33.5 Å². The monoisotopic (exact) mass is 308 g/mol. The summed E-state index contributed by atoms with van der Waals surface area (Å²) >= 11 is 4.28. The zero-order valence-corrected chi connectivity index (χ0v) is 11.7. The van der Waals surface area contributed by atoms with Gasteiger partial charge in [0, 0.05) is 28.3 Å². The van der Waals surface area contributed by atoms with Gasteiger partial charge in [-0.25, -0.2) is 0 Å². The Morgan fingerprint density at radius 2 is 1.81 bits per heavy atom. The molecule has 0 amide bonds. The second-order valence-corrected chi connectivity index (χ2v) is 4.62. The fourth-order valence-electron chi connectivity index (χ4n) is 1.03. The van der Waals surface area contributed by atoms with E-state index in [0.717, 1.165) is 0 Å². The number of hydrogen-bond donors (Lipinski definition) is 0. The lowest BCUT2D eigenvalue weighted by Crippen LogP contribution is -2.19. The summed E-state index contributed by atoms with van der Waals surface area (Å²) in [5.41, 5.74) is 0. The van der Waals surface area contributed by atoms with Crippen LogP contribution in [-0.4, -0.2) is 25.3 Å². The van der Waals surface area contributed by atoms with E-state index in [1.54, 1.807) is 0 Å². The Balaban J connectivity index is 2.92. The fourth-order valence-corrected chi connectivity index (χ4v) is 1.97. The fraction of sp³-hybridized carbons (Fsp3) is 0.500. The number of ether oxygens (including phenoxy) is 2. The van der Waals surface area contributed by atoms with Gasteiger partial charge in [0.25, 0.3) is 0 Å². The molecule has 16 heavy (non-hydrogen) atoms. The van der Waals surface area contributed by atoms with Crippen LogP contribution in [-0.2, 0) is 9.47 Å². The first-order valence-corrected chi connectivity index (χ1v) is 6.83. The highest BCUT2D eigenvalue weighted by Crippen LogP contribution is 2.22. The molecule has 0 saturated carbocycles. The average molecular weight is 309 g/mol. The van der Waals surface area contributed by atoms with E-state index in [2.05, 4.69) is 15.9 Å². The van der Waals surface area contributed by atoms with Gasteiger partial charge >= 0.3 is 0 Å². The molecule has 4 heteroatoms. The molecule has 1 rings (SSSR count). The molecule has 0 bridgehead atoms. The number of thioether (sulfide) groups is 1. The van der Waals surface area contributed by atoms with E-state index >= 15 is 0 Å². The normalized spacial score (nSPS) is 14.5. The molecule has 1 aromatic carbocycles. The van der Waals surface area contributed by atoms with Crippen LogP contribution >= 0.6 is 27.7 Å². The maximum absolute atomic E-state index is 7.90. The molecule has 0 fully saturated rings.